The van der Waals surface area contributed by atoms with Crippen LogP contribution in [0.25, 0.3) is 0 Å². The highest BCUT2D eigenvalue weighted by Gasteiger charge is 2.22. The molecule has 4 heteroatoms. The van der Waals surface area contributed by atoms with E-state index in [9.17, 15) is 4.79 Å². The van der Waals surface area contributed by atoms with Gasteiger partial charge in [0.1, 0.15) is 0 Å². The fourth-order valence-corrected chi connectivity index (χ4v) is 2.99. The number of aryl methyl sites for hydroxylation is 1. The van der Waals surface area contributed by atoms with E-state index in [1.54, 1.807) is 0 Å². The molecule has 4 nitrogen and oxygen atoms in total. The van der Waals surface area contributed by atoms with Gasteiger partial charge in [0.05, 0.1) is 0 Å². The predicted molar refractivity (Wildman–Crippen MR) is 95.0 cm³/mol. The summed E-state index contributed by atoms with van der Waals surface area (Å²) in [6, 6.07) is 18.1. The van der Waals surface area contributed by atoms with Crippen LogP contribution in [0.15, 0.2) is 54.6 Å². The van der Waals surface area contributed by atoms with Gasteiger partial charge in [-0.15, -0.1) is 0 Å². The lowest BCUT2D eigenvalue weighted by Gasteiger charge is -2.18. The van der Waals surface area contributed by atoms with Gasteiger partial charge in [-0.2, -0.15) is 0 Å². The van der Waals surface area contributed by atoms with Crippen LogP contribution in [0.4, 0.5) is 16.2 Å². The molecule has 0 aliphatic carbocycles. The minimum absolute atomic E-state index is 0.127. The molecule has 2 aromatic carbocycles. The topological polar surface area (TPSA) is 44.4 Å². The van der Waals surface area contributed by atoms with Crippen LogP contribution in [0.2, 0.25) is 0 Å². The number of carbonyl (C=O) groups excluding carboxylic acids is 1. The maximum atomic E-state index is 12.0. The van der Waals surface area contributed by atoms with Crippen LogP contribution in [-0.4, -0.2) is 25.7 Å². The molecule has 2 amide bonds. The fraction of sp³-hybridized carbons (Fsp3) is 0.316. The van der Waals surface area contributed by atoms with Crippen LogP contribution in [0.5, 0.6) is 0 Å². The van der Waals surface area contributed by atoms with E-state index in [2.05, 4.69) is 39.8 Å². The Hall–Kier alpha value is -2.49. The van der Waals surface area contributed by atoms with E-state index in [-0.39, 0.29) is 6.03 Å². The van der Waals surface area contributed by atoms with E-state index in [0.29, 0.717) is 12.5 Å². The predicted octanol–water partition coefficient (Wildman–Crippen LogP) is 3.64. The highest BCUT2D eigenvalue weighted by molar-refractivity contribution is 5.90. The fourth-order valence-electron chi connectivity index (χ4n) is 2.99. The Kier molecular flexibility index (Phi) is 4.81. The maximum absolute atomic E-state index is 12.0. The van der Waals surface area contributed by atoms with Gasteiger partial charge in [0, 0.05) is 31.0 Å². The number of para-hydroxylation sites is 2. The van der Waals surface area contributed by atoms with Gasteiger partial charge in [-0.25, -0.2) is 4.79 Å². The molecule has 2 aromatic rings. The number of hydrogen-bond donors (Lipinski definition) is 2. The largest absolute Gasteiger partial charge is 0.371 e. The van der Waals surface area contributed by atoms with Crippen LogP contribution < -0.4 is 15.5 Å². The van der Waals surface area contributed by atoms with E-state index in [4.69, 9.17) is 0 Å². The van der Waals surface area contributed by atoms with Crippen LogP contribution in [-0.2, 0) is 0 Å². The quantitative estimate of drug-likeness (QED) is 0.905. The van der Waals surface area contributed by atoms with Crippen molar-refractivity contribution in [3.05, 3.63) is 60.2 Å². The van der Waals surface area contributed by atoms with Gasteiger partial charge in [-0.05, 0) is 43.0 Å². The van der Waals surface area contributed by atoms with Gasteiger partial charge in [0.2, 0.25) is 0 Å². The first-order chi connectivity index (χ1) is 11.2. The molecular weight excluding hydrogens is 286 g/mol. The summed E-state index contributed by atoms with van der Waals surface area (Å²) >= 11 is 0. The minimum atomic E-state index is -0.127. The molecule has 1 heterocycles. The van der Waals surface area contributed by atoms with Crippen molar-refractivity contribution in [2.45, 2.75) is 13.3 Å². The van der Waals surface area contributed by atoms with Crippen molar-refractivity contribution >= 4 is 17.4 Å². The molecule has 3 rings (SSSR count). The zero-order valence-corrected chi connectivity index (χ0v) is 13.5. The average molecular weight is 309 g/mol. The normalized spacial score (nSPS) is 17.1. The molecule has 1 atom stereocenters. The first-order valence-corrected chi connectivity index (χ1v) is 8.13. The highest BCUT2D eigenvalue weighted by Crippen LogP contribution is 2.23. The van der Waals surface area contributed by atoms with Gasteiger partial charge >= 0.3 is 6.03 Å². The Balaban J connectivity index is 1.46. The van der Waals surface area contributed by atoms with Crippen molar-refractivity contribution in [2.75, 3.05) is 29.9 Å². The van der Waals surface area contributed by atoms with E-state index in [0.717, 1.165) is 30.8 Å². The second-order valence-electron chi connectivity index (χ2n) is 6.09. The molecule has 1 fully saturated rings. The van der Waals surface area contributed by atoms with Gasteiger partial charge in [0.15, 0.2) is 0 Å². The summed E-state index contributed by atoms with van der Waals surface area (Å²) in [6.07, 6.45) is 1.11. The summed E-state index contributed by atoms with van der Waals surface area (Å²) in [4.78, 5) is 14.4. The van der Waals surface area contributed by atoms with Crippen molar-refractivity contribution in [3.63, 3.8) is 0 Å². The Morgan fingerprint density at radius 2 is 1.87 bits per heavy atom. The minimum Gasteiger partial charge on any atom is -0.371 e. The van der Waals surface area contributed by atoms with Crippen LogP contribution in [0.3, 0.4) is 0 Å². The third-order valence-corrected chi connectivity index (χ3v) is 4.35. The van der Waals surface area contributed by atoms with Crippen molar-refractivity contribution in [2.24, 2.45) is 5.92 Å². The number of hydrogen-bond acceptors (Lipinski definition) is 2. The summed E-state index contributed by atoms with van der Waals surface area (Å²) < 4.78 is 0. The number of nitrogens with zero attached hydrogens (tertiary/aromatic N) is 1. The summed E-state index contributed by atoms with van der Waals surface area (Å²) in [5, 5.41) is 5.91. The van der Waals surface area contributed by atoms with Crippen molar-refractivity contribution in [1.29, 1.82) is 0 Å². The lowest BCUT2D eigenvalue weighted by Crippen LogP contribution is -2.34. The molecule has 0 saturated carbocycles. The second kappa shape index (κ2) is 7.18. The van der Waals surface area contributed by atoms with E-state index in [1.807, 2.05) is 37.3 Å². The first-order valence-electron chi connectivity index (χ1n) is 8.13. The molecule has 0 radical (unpaired) electrons. The van der Waals surface area contributed by atoms with E-state index < -0.39 is 0 Å². The van der Waals surface area contributed by atoms with Gasteiger partial charge in [-0.1, -0.05) is 36.4 Å². The second-order valence-corrected chi connectivity index (χ2v) is 6.09. The molecule has 1 unspecified atom stereocenters. The van der Waals surface area contributed by atoms with Crippen LogP contribution >= 0.6 is 0 Å². The number of amides is 2. The van der Waals surface area contributed by atoms with Crippen molar-refractivity contribution in [1.82, 2.24) is 5.32 Å². The molecule has 0 spiro atoms. The molecule has 2 N–H and O–H groups in total. The average Bonchev–Trinajstić information content (AvgIpc) is 3.05. The Morgan fingerprint density at radius 3 is 2.65 bits per heavy atom. The number of anilines is 2. The lowest BCUT2D eigenvalue weighted by atomic mass is 10.1. The number of rotatable bonds is 4. The summed E-state index contributed by atoms with van der Waals surface area (Å²) in [5.41, 5.74) is 3.19. The Morgan fingerprint density at radius 1 is 1.13 bits per heavy atom. The zero-order valence-electron chi connectivity index (χ0n) is 13.5. The summed E-state index contributed by atoms with van der Waals surface area (Å²) in [6.45, 7) is 4.75. The van der Waals surface area contributed by atoms with Gasteiger partial charge in [-0.3, -0.25) is 0 Å². The third kappa shape index (κ3) is 4.03. The van der Waals surface area contributed by atoms with Gasteiger partial charge < -0.3 is 15.5 Å². The molecule has 1 aliphatic heterocycles. The first kappa shape index (κ1) is 15.4. The third-order valence-electron chi connectivity index (χ3n) is 4.35. The van der Waals surface area contributed by atoms with Crippen LogP contribution in [0.1, 0.15) is 12.0 Å². The molecule has 1 aliphatic rings. The Labute approximate surface area is 137 Å². The van der Waals surface area contributed by atoms with Crippen molar-refractivity contribution in [3.8, 4) is 0 Å². The monoisotopic (exact) mass is 309 g/mol. The summed E-state index contributed by atoms with van der Waals surface area (Å²) in [7, 11) is 0. The van der Waals surface area contributed by atoms with E-state index >= 15 is 0 Å². The molecular formula is C19H23N3O. The number of urea groups is 1. The number of carbonyl (C=O) groups is 1. The maximum Gasteiger partial charge on any atom is 0.319 e. The standard InChI is InChI=1S/C19H23N3O/c1-15-7-5-6-10-18(15)21-19(23)20-13-16-11-12-22(14-16)17-8-3-2-4-9-17/h2-10,16H,11-14H2,1H3,(H2,20,21,23). The molecule has 0 aromatic heterocycles. The van der Waals surface area contributed by atoms with Gasteiger partial charge in [0.25, 0.3) is 0 Å². The number of benzene rings is 2. The Bertz CT molecular complexity index is 657. The SMILES string of the molecule is Cc1ccccc1NC(=O)NCC1CCN(c2ccccc2)C1. The highest BCUT2D eigenvalue weighted by atomic mass is 16.2. The van der Waals surface area contributed by atoms with Crippen molar-refractivity contribution < 1.29 is 4.79 Å². The zero-order chi connectivity index (χ0) is 16.1. The molecule has 1 saturated heterocycles. The smallest absolute Gasteiger partial charge is 0.319 e. The lowest BCUT2D eigenvalue weighted by molar-refractivity contribution is 0.250. The number of nitrogens with one attached hydrogen (secondary N) is 2. The van der Waals surface area contributed by atoms with E-state index in [1.165, 1.54) is 5.69 Å². The molecule has 23 heavy (non-hydrogen) atoms. The molecule has 120 valence electrons. The summed E-state index contributed by atoms with van der Waals surface area (Å²) in [5.74, 6) is 0.498. The van der Waals surface area contributed by atoms with Crippen LogP contribution in [0, 0.1) is 12.8 Å². The molecule has 0 bridgehead atoms.